The van der Waals surface area contributed by atoms with Crippen molar-refractivity contribution < 1.29 is 4.11 Å². The van der Waals surface area contributed by atoms with E-state index < -0.39 is 6.98 Å². The number of halogens is 1. The SMILES string of the molecule is [2H][13C]([2H])([2H])N(C)CCCN1c2ccccc2Sc2ccc(Cl)cc21. The van der Waals surface area contributed by atoms with E-state index in [-0.39, 0.29) is 0 Å². The molecule has 0 atom stereocenters. The number of para-hydroxylation sites is 1. The Morgan fingerprint density at radius 3 is 2.86 bits per heavy atom. The van der Waals surface area contributed by atoms with Crippen LogP contribution in [-0.2, 0) is 0 Å². The Balaban J connectivity index is 1.83. The lowest BCUT2D eigenvalue weighted by atomic mass is 10.2. The minimum atomic E-state index is -2.04. The van der Waals surface area contributed by atoms with Crippen LogP contribution in [0.3, 0.4) is 0 Å². The Hall–Kier alpha value is -1.16. The number of hydrogen-bond donors (Lipinski definition) is 0. The first-order valence-corrected chi connectivity index (χ1v) is 8.11. The van der Waals surface area contributed by atoms with Crippen LogP contribution in [0.4, 0.5) is 11.4 Å². The fraction of sp³-hybridized carbons (Fsp3) is 0.294. The lowest BCUT2D eigenvalue weighted by Gasteiger charge is -2.33. The van der Waals surface area contributed by atoms with E-state index in [1.54, 1.807) is 18.8 Å². The zero-order valence-electron chi connectivity index (χ0n) is 14.8. The van der Waals surface area contributed by atoms with E-state index in [1.807, 2.05) is 30.3 Å². The highest BCUT2D eigenvalue weighted by Gasteiger charge is 2.22. The number of nitrogens with zero attached hydrogens (tertiary/aromatic N) is 2. The van der Waals surface area contributed by atoms with Gasteiger partial charge in [0.15, 0.2) is 0 Å². The lowest BCUT2D eigenvalue weighted by molar-refractivity contribution is 0.402. The van der Waals surface area contributed by atoms with Crippen molar-refractivity contribution >= 4 is 34.7 Å². The summed E-state index contributed by atoms with van der Waals surface area (Å²) >= 11 is 7.93. The minimum Gasteiger partial charge on any atom is -0.340 e. The van der Waals surface area contributed by atoms with Gasteiger partial charge in [0, 0.05) is 25.5 Å². The first-order chi connectivity index (χ1) is 11.4. The summed E-state index contributed by atoms with van der Waals surface area (Å²) < 4.78 is 22.3. The van der Waals surface area contributed by atoms with E-state index in [1.165, 1.54) is 14.7 Å². The molecule has 1 aliphatic rings. The summed E-state index contributed by atoms with van der Waals surface area (Å²) in [6.45, 7) is -0.791. The maximum atomic E-state index is 7.45. The zero-order valence-corrected chi connectivity index (χ0v) is 13.4. The van der Waals surface area contributed by atoms with Gasteiger partial charge in [-0.05, 0) is 57.3 Å². The van der Waals surface area contributed by atoms with Crippen LogP contribution >= 0.6 is 23.4 Å². The summed E-state index contributed by atoms with van der Waals surface area (Å²) in [4.78, 5) is 6.02. The molecule has 0 amide bonds. The second-order valence-electron chi connectivity index (χ2n) is 5.11. The molecule has 1 heterocycles. The average molecular weight is 323 g/mol. The molecule has 0 aromatic heterocycles. The van der Waals surface area contributed by atoms with Gasteiger partial charge in [-0.25, -0.2) is 0 Å². The third-order valence-corrected chi connectivity index (χ3v) is 4.83. The van der Waals surface area contributed by atoms with Crippen molar-refractivity contribution in [1.82, 2.24) is 4.90 Å². The number of benzene rings is 2. The van der Waals surface area contributed by atoms with Gasteiger partial charge in [0.2, 0.25) is 0 Å². The van der Waals surface area contributed by atoms with E-state index >= 15 is 0 Å². The molecule has 0 fully saturated rings. The Morgan fingerprint density at radius 1 is 1.19 bits per heavy atom. The van der Waals surface area contributed by atoms with Crippen LogP contribution in [0.15, 0.2) is 52.3 Å². The van der Waals surface area contributed by atoms with E-state index in [0.717, 1.165) is 24.3 Å². The molecule has 0 saturated carbocycles. The van der Waals surface area contributed by atoms with Crippen LogP contribution in [0.25, 0.3) is 0 Å². The van der Waals surface area contributed by atoms with Crippen LogP contribution in [-0.4, -0.2) is 32.0 Å². The highest BCUT2D eigenvalue weighted by atomic mass is 35.5. The molecule has 1 aliphatic heterocycles. The maximum Gasteiger partial charge on any atom is 0.0567 e. The topological polar surface area (TPSA) is 6.48 Å². The maximum absolute atomic E-state index is 7.45. The first-order valence-electron chi connectivity index (χ1n) is 8.41. The summed E-state index contributed by atoms with van der Waals surface area (Å²) in [6.07, 6.45) is 0.750. The lowest BCUT2D eigenvalue weighted by Crippen LogP contribution is -2.25. The van der Waals surface area contributed by atoms with Gasteiger partial charge in [-0.15, -0.1) is 0 Å². The van der Waals surface area contributed by atoms with Crippen LogP contribution < -0.4 is 4.90 Å². The molecule has 4 heteroatoms. The molecule has 3 rings (SSSR count). The monoisotopic (exact) mass is 322 g/mol. The quantitative estimate of drug-likeness (QED) is 0.740. The van der Waals surface area contributed by atoms with Crippen LogP contribution in [0.2, 0.25) is 5.02 Å². The molecule has 0 aliphatic carbocycles. The molecule has 2 aromatic rings. The molecule has 0 unspecified atom stereocenters. The van der Waals surface area contributed by atoms with Crippen molar-refractivity contribution in [2.75, 3.05) is 32.0 Å². The van der Waals surface area contributed by atoms with Crippen molar-refractivity contribution in [3.8, 4) is 0 Å². The van der Waals surface area contributed by atoms with Crippen molar-refractivity contribution in [3.05, 3.63) is 47.5 Å². The molecule has 110 valence electrons. The van der Waals surface area contributed by atoms with Gasteiger partial charge < -0.3 is 9.80 Å². The summed E-state index contributed by atoms with van der Waals surface area (Å²) in [7, 11) is 1.64. The normalized spacial score (nSPS) is 16.0. The molecule has 2 nitrogen and oxygen atoms in total. The molecule has 0 radical (unpaired) electrons. The smallest absolute Gasteiger partial charge is 0.0567 e. The fourth-order valence-electron chi connectivity index (χ4n) is 2.51. The second kappa shape index (κ2) is 6.30. The van der Waals surface area contributed by atoms with Crippen LogP contribution in [0.5, 0.6) is 0 Å². The largest absolute Gasteiger partial charge is 0.340 e. The predicted molar refractivity (Wildman–Crippen MR) is 92.2 cm³/mol. The van der Waals surface area contributed by atoms with E-state index in [0.29, 0.717) is 11.6 Å². The second-order valence-corrected chi connectivity index (χ2v) is 6.63. The number of hydrogen-bond acceptors (Lipinski definition) is 3. The molecule has 0 bridgehead atoms. The van der Waals surface area contributed by atoms with E-state index in [2.05, 4.69) is 17.0 Å². The molecular weight excluding hydrogens is 301 g/mol. The van der Waals surface area contributed by atoms with Gasteiger partial charge in [-0.3, -0.25) is 0 Å². The van der Waals surface area contributed by atoms with Crippen molar-refractivity contribution in [2.24, 2.45) is 0 Å². The summed E-state index contributed by atoms with van der Waals surface area (Å²) in [5.74, 6) is 0. The number of rotatable bonds is 4. The van der Waals surface area contributed by atoms with Crippen LogP contribution in [0.1, 0.15) is 10.5 Å². The third-order valence-electron chi connectivity index (χ3n) is 3.46. The molecular formula is C17H19ClN2S. The standard InChI is InChI=1S/C17H19ClN2S/c1-19(2)10-5-11-20-14-6-3-4-7-16(14)21-17-9-8-13(18)12-15(17)20/h3-4,6-9,12H,5,10-11H2,1-2H3/i1+1D3. The minimum absolute atomic E-state index is 0.512. The van der Waals surface area contributed by atoms with Gasteiger partial charge in [0.25, 0.3) is 0 Å². The van der Waals surface area contributed by atoms with Gasteiger partial charge >= 0.3 is 0 Å². The van der Waals surface area contributed by atoms with Gasteiger partial charge in [0.05, 0.1) is 11.4 Å². The fourth-order valence-corrected chi connectivity index (χ4v) is 3.75. The highest BCUT2D eigenvalue weighted by molar-refractivity contribution is 7.99. The van der Waals surface area contributed by atoms with E-state index in [9.17, 15) is 0 Å². The van der Waals surface area contributed by atoms with Crippen molar-refractivity contribution in [1.29, 1.82) is 0 Å². The Kier molecular flexibility index (Phi) is 3.43. The predicted octanol–water partition coefficient (Wildman–Crippen LogP) is 4.89. The van der Waals surface area contributed by atoms with Crippen molar-refractivity contribution in [2.45, 2.75) is 16.2 Å². The Labute approximate surface area is 139 Å². The molecule has 21 heavy (non-hydrogen) atoms. The zero-order chi connectivity index (χ0) is 17.3. The first kappa shape index (κ1) is 11.4. The third kappa shape index (κ3) is 3.20. The summed E-state index contributed by atoms with van der Waals surface area (Å²) in [5.41, 5.74) is 2.23. The average Bonchev–Trinajstić information content (AvgIpc) is 2.53. The van der Waals surface area contributed by atoms with Gasteiger partial charge in [-0.2, -0.15) is 0 Å². The van der Waals surface area contributed by atoms with Crippen LogP contribution in [0, 0.1) is 0 Å². The number of fused-ring (bicyclic) bond motifs is 2. The summed E-state index contributed by atoms with van der Waals surface area (Å²) in [5, 5.41) is 0.707. The molecule has 0 saturated heterocycles. The number of anilines is 2. The Morgan fingerprint density at radius 2 is 2.00 bits per heavy atom. The van der Waals surface area contributed by atoms with Gasteiger partial charge in [-0.1, -0.05) is 35.5 Å². The van der Waals surface area contributed by atoms with E-state index in [4.69, 9.17) is 15.7 Å². The highest BCUT2D eigenvalue weighted by Crippen LogP contribution is 2.48. The van der Waals surface area contributed by atoms with Crippen molar-refractivity contribution in [3.63, 3.8) is 0 Å². The molecule has 0 N–H and O–H groups in total. The molecule has 0 spiro atoms. The Bertz CT molecular complexity index is 736. The molecule has 2 aromatic carbocycles. The van der Waals surface area contributed by atoms with Gasteiger partial charge in [0.1, 0.15) is 0 Å². The summed E-state index contributed by atoms with van der Waals surface area (Å²) in [6, 6.07) is 14.2.